The van der Waals surface area contributed by atoms with Crippen LogP contribution in [-0.4, -0.2) is 28.8 Å². The van der Waals surface area contributed by atoms with Gasteiger partial charge in [-0.1, -0.05) is 6.92 Å². The molecule has 0 aliphatic heterocycles. The van der Waals surface area contributed by atoms with Crippen LogP contribution < -0.4 is 10.6 Å². The van der Waals surface area contributed by atoms with Gasteiger partial charge in [0.05, 0.1) is 18.7 Å². The van der Waals surface area contributed by atoms with Crippen molar-refractivity contribution in [3.63, 3.8) is 0 Å². The summed E-state index contributed by atoms with van der Waals surface area (Å²) in [7, 11) is 0. The van der Waals surface area contributed by atoms with Crippen LogP contribution in [0.25, 0.3) is 0 Å². The third-order valence-electron chi connectivity index (χ3n) is 2.29. The zero-order chi connectivity index (χ0) is 12.8. The van der Waals surface area contributed by atoms with Gasteiger partial charge in [-0.3, -0.25) is 0 Å². The molecule has 1 heterocycles. The van der Waals surface area contributed by atoms with Gasteiger partial charge in [-0.25, -0.2) is 9.78 Å². The molecular formula is C11H19N3O2S. The quantitative estimate of drug-likeness (QED) is 0.747. The predicted molar refractivity (Wildman–Crippen MR) is 68.1 cm³/mol. The van der Waals surface area contributed by atoms with E-state index in [1.165, 1.54) is 4.88 Å². The smallest absolute Gasteiger partial charge is 0.315 e. The van der Waals surface area contributed by atoms with Crippen LogP contribution in [0.2, 0.25) is 0 Å². The third-order valence-corrected chi connectivity index (χ3v) is 3.61. The number of hydrogen-bond donors (Lipinski definition) is 3. The number of urea groups is 1. The molecule has 2 unspecified atom stereocenters. The number of carbonyl (C=O) groups excluding carboxylic acids is 1. The molecular weight excluding hydrogens is 238 g/mol. The van der Waals surface area contributed by atoms with Gasteiger partial charge in [0.2, 0.25) is 0 Å². The number of thiazole rings is 1. The molecule has 17 heavy (non-hydrogen) atoms. The van der Waals surface area contributed by atoms with E-state index in [1.54, 1.807) is 18.3 Å². The summed E-state index contributed by atoms with van der Waals surface area (Å²) in [4.78, 5) is 17.0. The fourth-order valence-electron chi connectivity index (χ4n) is 1.26. The number of aliphatic hydroxyl groups excluding tert-OH is 1. The molecule has 1 aromatic heterocycles. The molecule has 0 radical (unpaired) electrons. The van der Waals surface area contributed by atoms with Crippen molar-refractivity contribution in [3.05, 3.63) is 16.1 Å². The van der Waals surface area contributed by atoms with E-state index < -0.39 is 0 Å². The maximum Gasteiger partial charge on any atom is 0.315 e. The van der Waals surface area contributed by atoms with Crippen molar-refractivity contribution in [1.29, 1.82) is 0 Å². The average molecular weight is 257 g/mol. The lowest BCUT2D eigenvalue weighted by molar-refractivity contribution is 0.218. The van der Waals surface area contributed by atoms with Gasteiger partial charge in [-0.15, -0.1) is 11.3 Å². The summed E-state index contributed by atoms with van der Waals surface area (Å²) in [6, 6.07) is -0.650. The number of aryl methyl sites for hydroxylation is 1. The Morgan fingerprint density at radius 1 is 1.53 bits per heavy atom. The highest BCUT2D eigenvalue weighted by atomic mass is 32.1. The average Bonchev–Trinajstić information content (AvgIpc) is 2.77. The Bertz CT molecular complexity index is 367. The lowest BCUT2D eigenvalue weighted by Gasteiger charge is -2.15. The predicted octanol–water partition coefficient (Wildman–Crippen LogP) is 1.45. The maximum absolute atomic E-state index is 11.5. The Labute approximate surface area is 105 Å². The minimum absolute atomic E-state index is 0.0704. The molecule has 96 valence electrons. The third kappa shape index (κ3) is 4.32. The summed E-state index contributed by atoms with van der Waals surface area (Å²) in [5, 5.41) is 15.1. The number of aliphatic hydroxyl groups is 1. The molecule has 0 fully saturated rings. The van der Waals surface area contributed by atoms with Crippen LogP contribution in [-0.2, 0) is 6.42 Å². The number of aromatic nitrogens is 1. The van der Waals surface area contributed by atoms with E-state index in [9.17, 15) is 4.79 Å². The van der Waals surface area contributed by atoms with Crippen LogP contribution in [0.1, 0.15) is 36.7 Å². The Morgan fingerprint density at radius 2 is 2.24 bits per heavy atom. The highest BCUT2D eigenvalue weighted by Gasteiger charge is 2.14. The fraction of sp³-hybridized carbons (Fsp3) is 0.636. The second kappa shape index (κ2) is 6.56. The zero-order valence-corrected chi connectivity index (χ0v) is 11.2. The maximum atomic E-state index is 11.5. The van der Waals surface area contributed by atoms with Crippen molar-refractivity contribution in [2.75, 3.05) is 6.61 Å². The highest BCUT2D eigenvalue weighted by molar-refractivity contribution is 7.11. The standard InChI is InChI=1S/C11H19N3O2S/c1-4-9-5-12-10(17-9)8(3)14-11(16)13-7(2)6-15/h5,7-8,15H,4,6H2,1-3H3,(H2,13,14,16). The van der Waals surface area contributed by atoms with Crippen LogP contribution in [0.5, 0.6) is 0 Å². The monoisotopic (exact) mass is 257 g/mol. The second-order valence-corrected chi connectivity index (χ2v) is 5.09. The molecule has 0 bridgehead atoms. The molecule has 2 amide bonds. The molecule has 0 saturated heterocycles. The number of hydrogen-bond acceptors (Lipinski definition) is 4. The first-order valence-corrected chi connectivity index (χ1v) is 6.51. The van der Waals surface area contributed by atoms with Gasteiger partial charge in [0, 0.05) is 11.1 Å². The van der Waals surface area contributed by atoms with Crippen LogP contribution >= 0.6 is 11.3 Å². The van der Waals surface area contributed by atoms with Crippen molar-refractivity contribution >= 4 is 17.4 Å². The summed E-state index contributed by atoms with van der Waals surface area (Å²) in [6.07, 6.45) is 2.80. The van der Waals surface area contributed by atoms with Gasteiger partial charge < -0.3 is 15.7 Å². The molecule has 1 rings (SSSR count). The zero-order valence-electron chi connectivity index (χ0n) is 10.4. The minimum Gasteiger partial charge on any atom is -0.394 e. The Kier molecular flexibility index (Phi) is 5.37. The first-order chi connectivity index (χ1) is 8.06. The van der Waals surface area contributed by atoms with E-state index in [2.05, 4.69) is 22.5 Å². The van der Waals surface area contributed by atoms with Gasteiger partial charge in [0.15, 0.2) is 0 Å². The number of rotatable bonds is 5. The molecule has 5 nitrogen and oxygen atoms in total. The normalized spacial score (nSPS) is 14.1. The van der Waals surface area contributed by atoms with Crippen LogP contribution in [0.4, 0.5) is 4.79 Å². The van der Waals surface area contributed by atoms with Crippen molar-refractivity contribution < 1.29 is 9.90 Å². The van der Waals surface area contributed by atoms with Gasteiger partial charge in [0.1, 0.15) is 5.01 Å². The summed E-state index contributed by atoms with van der Waals surface area (Å²) in [5.74, 6) is 0. The van der Waals surface area contributed by atoms with Gasteiger partial charge >= 0.3 is 6.03 Å². The van der Waals surface area contributed by atoms with E-state index in [-0.39, 0.29) is 24.7 Å². The molecule has 0 aliphatic rings. The first-order valence-electron chi connectivity index (χ1n) is 5.69. The van der Waals surface area contributed by atoms with Crippen molar-refractivity contribution in [3.8, 4) is 0 Å². The van der Waals surface area contributed by atoms with Crippen LogP contribution in [0.15, 0.2) is 6.20 Å². The van der Waals surface area contributed by atoms with Crippen molar-refractivity contribution in [2.45, 2.75) is 39.3 Å². The lowest BCUT2D eigenvalue weighted by atomic mass is 10.3. The summed E-state index contributed by atoms with van der Waals surface area (Å²) < 4.78 is 0. The molecule has 0 spiro atoms. The number of carbonyl (C=O) groups is 1. The van der Waals surface area contributed by atoms with Crippen molar-refractivity contribution in [2.24, 2.45) is 0 Å². The lowest BCUT2D eigenvalue weighted by Crippen LogP contribution is -2.43. The number of nitrogens with zero attached hydrogens (tertiary/aromatic N) is 1. The molecule has 0 saturated carbocycles. The molecule has 1 aromatic rings. The summed E-state index contributed by atoms with van der Waals surface area (Å²) >= 11 is 1.60. The summed E-state index contributed by atoms with van der Waals surface area (Å²) in [5.41, 5.74) is 0. The Hall–Kier alpha value is -1.14. The molecule has 0 aromatic carbocycles. The molecule has 0 aliphatic carbocycles. The largest absolute Gasteiger partial charge is 0.394 e. The minimum atomic E-state index is -0.285. The number of amides is 2. The first kappa shape index (κ1) is 13.9. The van der Waals surface area contributed by atoms with E-state index >= 15 is 0 Å². The van der Waals surface area contributed by atoms with E-state index in [0.29, 0.717) is 0 Å². The molecule has 3 N–H and O–H groups in total. The van der Waals surface area contributed by atoms with E-state index in [0.717, 1.165) is 11.4 Å². The van der Waals surface area contributed by atoms with Crippen molar-refractivity contribution in [1.82, 2.24) is 15.6 Å². The van der Waals surface area contributed by atoms with E-state index in [1.807, 2.05) is 13.1 Å². The van der Waals surface area contributed by atoms with Crippen LogP contribution in [0.3, 0.4) is 0 Å². The number of nitrogens with one attached hydrogen (secondary N) is 2. The van der Waals surface area contributed by atoms with Gasteiger partial charge in [-0.2, -0.15) is 0 Å². The van der Waals surface area contributed by atoms with Gasteiger partial charge in [-0.05, 0) is 20.3 Å². The highest BCUT2D eigenvalue weighted by Crippen LogP contribution is 2.19. The SMILES string of the molecule is CCc1cnc(C(C)NC(=O)NC(C)CO)s1. The van der Waals surface area contributed by atoms with Gasteiger partial charge in [0.25, 0.3) is 0 Å². The molecule has 6 heteroatoms. The Balaban J connectivity index is 2.48. The summed E-state index contributed by atoms with van der Waals surface area (Å²) in [6.45, 7) is 5.63. The topological polar surface area (TPSA) is 74.2 Å². The molecule has 2 atom stereocenters. The second-order valence-electron chi connectivity index (χ2n) is 3.94. The van der Waals surface area contributed by atoms with Crippen LogP contribution in [0, 0.1) is 0 Å². The van der Waals surface area contributed by atoms with E-state index in [4.69, 9.17) is 5.11 Å². The Morgan fingerprint density at radius 3 is 2.76 bits per heavy atom. The fourth-order valence-corrected chi connectivity index (χ4v) is 2.12.